The first-order valence-corrected chi connectivity index (χ1v) is 6.79. The van der Waals surface area contributed by atoms with Gasteiger partial charge in [0, 0.05) is 25.8 Å². The third-order valence-corrected chi connectivity index (χ3v) is 3.97. The summed E-state index contributed by atoms with van der Waals surface area (Å²) in [6.07, 6.45) is 0.455. The number of aliphatic hydroxyl groups excluding tert-OH is 1. The smallest absolute Gasteiger partial charge is 0.129 e. The zero-order valence-electron chi connectivity index (χ0n) is 11.6. The number of hydrogen-bond donors (Lipinski definition) is 1. The molecule has 1 aliphatic rings. The molecule has 3 nitrogen and oxygen atoms in total. The third-order valence-electron chi connectivity index (χ3n) is 3.97. The fourth-order valence-corrected chi connectivity index (χ4v) is 2.66. The van der Waals surface area contributed by atoms with E-state index in [1.165, 1.54) is 6.07 Å². The number of benzene rings is 1. The molecule has 0 aliphatic carbocycles. The number of β-amino-alcohol motifs (C(OH)–C–C–N with tert-alkyl or cyclic N) is 1. The van der Waals surface area contributed by atoms with E-state index in [-0.39, 0.29) is 11.9 Å². The van der Waals surface area contributed by atoms with Crippen LogP contribution in [0.15, 0.2) is 24.3 Å². The normalized spacial score (nSPS) is 26.3. The van der Waals surface area contributed by atoms with E-state index >= 15 is 0 Å². The molecule has 3 atom stereocenters. The van der Waals surface area contributed by atoms with Gasteiger partial charge < -0.3 is 9.84 Å². The molecule has 0 bridgehead atoms. The van der Waals surface area contributed by atoms with E-state index in [4.69, 9.17) is 4.74 Å². The molecule has 1 aromatic carbocycles. The Morgan fingerprint density at radius 3 is 2.89 bits per heavy atom. The lowest BCUT2D eigenvalue weighted by atomic mass is 9.95. The molecule has 3 unspecified atom stereocenters. The zero-order chi connectivity index (χ0) is 13.8. The molecule has 4 heteroatoms. The molecule has 0 saturated carbocycles. The van der Waals surface area contributed by atoms with Crippen molar-refractivity contribution in [2.24, 2.45) is 5.92 Å². The number of methoxy groups -OCH3 is 1. The molecule has 1 aromatic rings. The number of likely N-dealkylation sites (tertiary alicyclic amines) is 1. The summed E-state index contributed by atoms with van der Waals surface area (Å²) in [7, 11) is 1.72. The van der Waals surface area contributed by atoms with E-state index < -0.39 is 6.10 Å². The van der Waals surface area contributed by atoms with Crippen LogP contribution in [0, 0.1) is 11.7 Å². The molecule has 0 spiro atoms. The van der Waals surface area contributed by atoms with Gasteiger partial charge in [0.25, 0.3) is 0 Å². The van der Waals surface area contributed by atoms with E-state index in [1.54, 1.807) is 25.3 Å². The molecule has 0 amide bonds. The molecule has 1 N–H and O–H groups in total. The van der Waals surface area contributed by atoms with Crippen molar-refractivity contribution in [1.29, 1.82) is 0 Å². The Labute approximate surface area is 114 Å². The SMILES string of the molecule is COC1CN(CC(O)c2ccccc2F)CCC1C. The van der Waals surface area contributed by atoms with Crippen molar-refractivity contribution in [3.8, 4) is 0 Å². The van der Waals surface area contributed by atoms with Crippen molar-refractivity contribution in [3.05, 3.63) is 35.6 Å². The number of rotatable bonds is 4. The minimum atomic E-state index is -0.785. The Hall–Kier alpha value is -0.970. The Morgan fingerprint density at radius 2 is 2.21 bits per heavy atom. The van der Waals surface area contributed by atoms with Gasteiger partial charge in [0.1, 0.15) is 5.82 Å². The largest absolute Gasteiger partial charge is 0.387 e. The maximum atomic E-state index is 13.6. The maximum absolute atomic E-state index is 13.6. The first-order valence-electron chi connectivity index (χ1n) is 6.79. The summed E-state index contributed by atoms with van der Waals surface area (Å²) in [5, 5.41) is 10.2. The Bertz CT molecular complexity index is 413. The van der Waals surface area contributed by atoms with Crippen LogP contribution in [0.2, 0.25) is 0 Å². The van der Waals surface area contributed by atoms with Crippen LogP contribution in [-0.4, -0.2) is 42.9 Å². The van der Waals surface area contributed by atoms with Crippen molar-refractivity contribution in [1.82, 2.24) is 4.90 Å². The number of halogens is 1. The van der Waals surface area contributed by atoms with Crippen LogP contribution in [0.3, 0.4) is 0 Å². The predicted octanol–water partition coefficient (Wildman–Crippen LogP) is 2.22. The minimum Gasteiger partial charge on any atom is -0.387 e. The monoisotopic (exact) mass is 267 g/mol. The second-order valence-electron chi connectivity index (χ2n) is 5.34. The summed E-state index contributed by atoms with van der Waals surface area (Å²) in [5.74, 6) is 0.190. The summed E-state index contributed by atoms with van der Waals surface area (Å²) in [5.41, 5.74) is 0.370. The Morgan fingerprint density at radius 1 is 1.47 bits per heavy atom. The van der Waals surface area contributed by atoms with Gasteiger partial charge in [-0.1, -0.05) is 25.1 Å². The van der Waals surface area contributed by atoms with Crippen LogP contribution in [0.1, 0.15) is 25.0 Å². The Balaban J connectivity index is 1.96. The van der Waals surface area contributed by atoms with Gasteiger partial charge in [-0.2, -0.15) is 0 Å². The summed E-state index contributed by atoms with van der Waals surface area (Å²) in [6, 6.07) is 6.40. The highest BCUT2D eigenvalue weighted by molar-refractivity contribution is 5.20. The molecule has 2 rings (SSSR count). The van der Waals surface area contributed by atoms with E-state index in [0.29, 0.717) is 18.0 Å². The van der Waals surface area contributed by atoms with Gasteiger partial charge in [-0.3, -0.25) is 4.90 Å². The lowest BCUT2D eigenvalue weighted by Gasteiger charge is -2.37. The minimum absolute atomic E-state index is 0.196. The van der Waals surface area contributed by atoms with Crippen LogP contribution in [0.25, 0.3) is 0 Å². The molecule has 19 heavy (non-hydrogen) atoms. The number of aliphatic hydroxyl groups is 1. The molecule has 1 saturated heterocycles. The van der Waals surface area contributed by atoms with Crippen LogP contribution in [0.5, 0.6) is 0 Å². The van der Waals surface area contributed by atoms with Crippen LogP contribution in [0.4, 0.5) is 4.39 Å². The fourth-order valence-electron chi connectivity index (χ4n) is 2.66. The first-order chi connectivity index (χ1) is 9.11. The van der Waals surface area contributed by atoms with Gasteiger partial charge >= 0.3 is 0 Å². The second kappa shape index (κ2) is 6.46. The van der Waals surface area contributed by atoms with Crippen LogP contribution in [-0.2, 0) is 4.74 Å². The summed E-state index contributed by atoms with van der Waals surface area (Å²) >= 11 is 0. The van der Waals surface area contributed by atoms with Gasteiger partial charge in [-0.15, -0.1) is 0 Å². The molecule has 106 valence electrons. The molecule has 0 aromatic heterocycles. The van der Waals surface area contributed by atoms with E-state index in [2.05, 4.69) is 11.8 Å². The topological polar surface area (TPSA) is 32.7 Å². The average molecular weight is 267 g/mol. The zero-order valence-corrected chi connectivity index (χ0v) is 11.6. The van der Waals surface area contributed by atoms with E-state index in [9.17, 15) is 9.50 Å². The van der Waals surface area contributed by atoms with Crippen molar-refractivity contribution in [3.63, 3.8) is 0 Å². The van der Waals surface area contributed by atoms with Crippen molar-refractivity contribution in [2.45, 2.75) is 25.6 Å². The first kappa shape index (κ1) is 14.4. The number of ether oxygens (including phenoxy) is 1. The summed E-state index contributed by atoms with van der Waals surface area (Å²) in [6.45, 7) is 4.35. The van der Waals surface area contributed by atoms with Gasteiger partial charge in [-0.05, 0) is 24.9 Å². The molecule has 0 radical (unpaired) electrons. The Kier molecular flexibility index (Phi) is 4.91. The van der Waals surface area contributed by atoms with Crippen molar-refractivity contribution < 1.29 is 14.2 Å². The van der Waals surface area contributed by atoms with Gasteiger partial charge in [-0.25, -0.2) is 4.39 Å². The van der Waals surface area contributed by atoms with Crippen LogP contribution >= 0.6 is 0 Å². The quantitative estimate of drug-likeness (QED) is 0.908. The van der Waals surface area contributed by atoms with E-state index in [0.717, 1.165) is 19.5 Å². The molecule has 1 heterocycles. The lowest BCUT2D eigenvalue weighted by Crippen LogP contribution is -2.45. The fraction of sp³-hybridized carbons (Fsp3) is 0.600. The number of piperidine rings is 1. The van der Waals surface area contributed by atoms with Crippen molar-refractivity contribution >= 4 is 0 Å². The highest BCUT2D eigenvalue weighted by Crippen LogP contribution is 2.23. The van der Waals surface area contributed by atoms with Gasteiger partial charge in [0.05, 0.1) is 12.2 Å². The third kappa shape index (κ3) is 3.53. The lowest BCUT2D eigenvalue weighted by molar-refractivity contribution is -0.0183. The summed E-state index contributed by atoms with van der Waals surface area (Å²) in [4.78, 5) is 2.14. The van der Waals surface area contributed by atoms with Gasteiger partial charge in [0.15, 0.2) is 0 Å². The standard InChI is InChI=1S/C15H22FNO2/c1-11-7-8-17(10-15(11)19-2)9-14(18)12-5-3-4-6-13(12)16/h3-6,11,14-15,18H,7-10H2,1-2H3. The highest BCUT2D eigenvalue weighted by Gasteiger charge is 2.27. The van der Waals surface area contributed by atoms with Crippen molar-refractivity contribution in [2.75, 3.05) is 26.7 Å². The second-order valence-corrected chi connectivity index (χ2v) is 5.34. The number of hydrogen-bond acceptors (Lipinski definition) is 3. The number of nitrogens with zero attached hydrogens (tertiary/aromatic N) is 1. The molecular weight excluding hydrogens is 245 g/mol. The van der Waals surface area contributed by atoms with Crippen LogP contribution < -0.4 is 0 Å². The molecular formula is C15H22FNO2. The summed E-state index contributed by atoms with van der Waals surface area (Å²) < 4.78 is 19.0. The van der Waals surface area contributed by atoms with E-state index in [1.807, 2.05) is 0 Å². The maximum Gasteiger partial charge on any atom is 0.129 e. The highest BCUT2D eigenvalue weighted by atomic mass is 19.1. The molecule has 1 aliphatic heterocycles. The van der Waals surface area contributed by atoms with Gasteiger partial charge in [0.2, 0.25) is 0 Å². The molecule has 1 fully saturated rings. The predicted molar refractivity (Wildman–Crippen MR) is 72.4 cm³/mol. The average Bonchev–Trinajstić information content (AvgIpc) is 2.41.